The Bertz CT molecular complexity index is 1060. The molecule has 1 atom stereocenters. The number of fused-ring (bicyclic) bond motifs is 2. The topological polar surface area (TPSA) is 144 Å². The van der Waals surface area contributed by atoms with Crippen molar-refractivity contribution in [2.24, 2.45) is 5.92 Å². The van der Waals surface area contributed by atoms with Crippen molar-refractivity contribution >= 4 is 23.0 Å². The molecular formula is C17H19N5O4. The van der Waals surface area contributed by atoms with Crippen molar-refractivity contribution in [3.63, 3.8) is 0 Å². The SMILES string of the molecule is Cc1cc2nc3c(=O)[nH]c(=O)nc-3n(CCC(C=O)CCO)c2cc1N. The minimum Gasteiger partial charge on any atom is -0.398 e. The summed E-state index contributed by atoms with van der Waals surface area (Å²) in [5.74, 6) is -0.203. The van der Waals surface area contributed by atoms with E-state index >= 15 is 0 Å². The summed E-state index contributed by atoms with van der Waals surface area (Å²) < 4.78 is 1.68. The zero-order valence-corrected chi connectivity index (χ0v) is 14.2. The molecule has 0 saturated carbocycles. The lowest BCUT2D eigenvalue weighted by Crippen LogP contribution is -2.29. The fourth-order valence-corrected chi connectivity index (χ4v) is 2.93. The number of benzene rings is 1. The molecule has 0 aliphatic carbocycles. The number of aliphatic hydroxyl groups excluding tert-OH is 1. The number of nitrogens with zero attached hydrogens (tertiary/aromatic N) is 3. The monoisotopic (exact) mass is 357 g/mol. The highest BCUT2D eigenvalue weighted by atomic mass is 16.3. The van der Waals surface area contributed by atoms with E-state index in [1.165, 1.54) is 0 Å². The number of H-pyrrole nitrogens is 1. The van der Waals surface area contributed by atoms with Crippen LogP contribution in [0.3, 0.4) is 0 Å². The van der Waals surface area contributed by atoms with Crippen molar-refractivity contribution in [3.05, 3.63) is 38.5 Å². The molecule has 0 aromatic heterocycles. The Hall–Kier alpha value is -3.07. The first-order chi connectivity index (χ1) is 12.4. The van der Waals surface area contributed by atoms with Crippen LogP contribution in [0.2, 0.25) is 0 Å². The van der Waals surface area contributed by atoms with E-state index in [1.807, 2.05) is 6.92 Å². The van der Waals surface area contributed by atoms with Gasteiger partial charge in [0.25, 0.3) is 5.56 Å². The number of anilines is 1. The summed E-state index contributed by atoms with van der Waals surface area (Å²) in [5, 5.41) is 9.06. The largest absolute Gasteiger partial charge is 0.398 e. The number of aryl methyl sites for hydroxylation is 2. The third-order valence-electron chi connectivity index (χ3n) is 4.41. The van der Waals surface area contributed by atoms with Crippen molar-refractivity contribution in [2.75, 3.05) is 12.3 Å². The average Bonchev–Trinajstić information content (AvgIpc) is 2.59. The molecule has 2 heterocycles. The van der Waals surface area contributed by atoms with Crippen LogP contribution in [0, 0.1) is 12.8 Å². The Labute approximate surface area is 147 Å². The maximum Gasteiger partial charge on any atom is 0.349 e. The third-order valence-corrected chi connectivity index (χ3v) is 4.41. The number of hydrogen-bond acceptors (Lipinski definition) is 7. The molecule has 9 heteroatoms. The first-order valence-electron chi connectivity index (χ1n) is 8.21. The van der Waals surface area contributed by atoms with E-state index in [9.17, 15) is 14.4 Å². The molecule has 0 saturated heterocycles. The van der Waals surface area contributed by atoms with Crippen LogP contribution in [0.4, 0.5) is 5.69 Å². The van der Waals surface area contributed by atoms with E-state index in [-0.39, 0.29) is 24.0 Å². The van der Waals surface area contributed by atoms with Gasteiger partial charge < -0.3 is 20.2 Å². The molecule has 0 spiro atoms. The van der Waals surface area contributed by atoms with Gasteiger partial charge in [0.05, 0.1) is 11.0 Å². The minimum atomic E-state index is -0.764. The molecule has 0 amide bonds. The van der Waals surface area contributed by atoms with Crippen molar-refractivity contribution in [2.45, 2.75) is 26.3 Å². The Balaban J connectivity index is 2.24. The number of aromatic amines is 1. The first-order valence-corrected chi connectivity index (χ1v) is 8.21. The van der Waals surface area contributed by atoms with Gasteiger partial charge in [0.2, 0.25) is 0 Å². The number of nitrogens with one attached hydrogen (secondary N) is 1. The van der Waals surface area contributed by atoms with Crippen LogP contribution in [0.25, 0.3) is 22.6 Å². The second-order valence-corrected chi connectivity index (χ2v) is 6.20. The molecule has 2 aliphatic heterocycles. The number of aliphatic hydroxyl groups is 1. The summed E-state index contributed by atoms with van der Waals surface area (Å²) in [6.07, 6.45) is 1.55. The van der Waals surface area contributed by atoms with Gasteiger partial charge in [-0.15, -0.1) is 0 Å². The molecule has 2 aliphatic rings. The lowest BCUT2D eigenvalue weighted by Gasteiger charge is -2.19. The number of nitrogen functional groups attached to an aromatic ring is 1. The summed E-state index contributed by atoms with van der Waals surface area (Å²) in [4.78, 5) is 45.4. The van der Waals surface area contributed by atoms with Gasteiger partial charge in [0.1, 0.15) is 6.29 Å². The summed E-state index contributed by atoms with van der Waals surface area (Å²) in [7, 11) is 0. The Morgan fingerprint density at radius 3 is 2.77 bits per heavy atom. The fraction of sp³-hybridized carbons (Fsp3) is 0.353. The zero-order valence-electron chi connectivity index (χ0n) is 14.2. The Morgan fingerprint density at radius 1 is 1.31 bits per heavy atom. The lowest BCUT2D eigenvalue weighted by atomic mass is 10.0. The maximum atomic E-state index is 12.2. The molecule has 1 unspecified atom stereocenters. The molecule has 1 aromatic rings. The zero-order chi connectivity index (χ0) is 18.8. The highest BCUT2D eigenvalue weighted by molar-refractivity contribution is 5.83. The number of carbonyl (C=O) groups excluding carboxylic acids is 1. The van der Waals surface area contributed by atoms with Crippen molar-refractivity contribution < 1.29 is 9.90 Å². The van der Waals surface area contributed by atoms with Crippen LogP contribution in [-0.2, 0) is 11.3 Å². The van der Waals surface area contributed by atoms with E-state index in [0.29, 0.717) is 36.1 Å². The molecule has 4 N–H and O–H groups in total. The third kappa shape index (κ3) is 3.21. The number of rotatable bonds is 6. The summed E-state index contributed by atoms with van der Waals surface area (Å²) in [5.41, 5.74) is 7.19. The van der Waals surface area contributed by atoms with E-state index in [4.69, 9.17) is 10.8 Å². The predicted molar refractivity (Wildman–Crippen MR) is 96.1 cm³/mol. The molecule has 0 bridgehead atoms. The predicted octanol–water partition coefficient (Wildman–Crippen LogP) is 0.0628. The number of carbonyl (C=O) groups is 1. The number of aromatic nitrogens is 4. The molecule has 0 radical (unpaired) electrons. The van der Waals surface area contributed by atoms with Gasteiger partial charge in [-0.2, -0.15) is 4.98 Å². The van der Waals surface area contributed by atoms with E-state index in [2.05, 4.69) is 15.0 Å². The molecule has 136 valence electrons. The van der Waals surface area contributed by atoms with Crippen LogP contribution < -0.4 is 17.0 Å². The van der Waals surface area contributed by atoms with Gasteiger partial charge in [0.15, 0.2) is 11.5 Å². The number of hydrogen-bond donors (Lipinski definition) is 3. The average molecular weight is 357 g/mol. The molecule has 3 rings (SSSR count). The normalized spacial score (nSPS) is 12.5. The second-order valence-electron chi connectivity index (χ2n) is 6.20. The Morgan fingerprint density at radius 2 is 2.08 bits per heavy atom. The Kier molecular flexibility index (Phi) is 4.81. The molecule has 0 fully saturated rings. The van der Waals surface area contributed by atoms with E-state index < -0.39 is 11.2 Å². The van der Waals surface area contributed by atoms with Gasteiger partial charge in [-0.05, 0) is 37.5 Å². The van der Waals surface area contributed by atoms with Crippen LogP contribution in [0.1, 0.15) is 18.4 Å². The quantitative estimate of drug-likeness (QED) is 0.321. The smallest absolute Gasteiger partial charge is 0.349 e. The summed E-state index contributed by atoms with van der Waals surface area (Å²) >= 11 is 0. The minimum absolute atomic E-state index is 0.0473. The van der Waals surface area contributed by atoms with Gasteiger partial charge in [-0.1, -0.05) is 0 Å². The second kappa shape index (κ2) is 7.04. The van der Waals surface area contributed by atoms with Crippen molar-refractivity contribution in [3.8, 4) is 11.5 Å². The van der Waals surface area contributed by atoms with Crippen LogP contribution in [0.5, 0.6) is 0 Å². The first kappa shape index (κ1) is 17.7. The van der Waals surface area contributed by atoms with Gasteiger partial charge in [-0.3, -0.25) is 9.78 Å². The molecule has 9 nitrogen and oxygen atoms in total. The standard InChI is InChI=1S/C17H19N5O4/c1-9-6-12-13(7-11(9)18)22(4-2-10(8-24)3-5-23)15-14(19-12)16(25)21-17(26)20-15/h6-8,10,23H,2-5,18H2,1H3,(H,21,25,26). The van der Waals surface area contributed by atoms with Gasteiger partial charge in [-0.25, -0.2) is 9.78 Å². The molecular weight excluding hydrogens is 338 g/mol. The highest BCUT2D eigenvalue weighted by Gasteiger charge is 2.20. The fourth-order valence-electron chi connectivity index (χ4n) is 2.93. The van der Waals surface area contributed by atoms with Crippen LogP contribution >= 0.6 is 0 Å². The van der Waals surface area contributed by atoms with Gasteiger partial charge in [0, 0.05) is 24.8 Å². The summed E-state index contributed by atoms with van der Waals surface area (Å²) in [6.45, 7) is 2.05. The van der Waals surface area contributed by atoms with Crippen LogP contribution in [-0.4, -0.2) is 37.5 Å². The molecule has 1 aromatic carbocycles. The maximum absolute atomic E-state index is 12.2. The van der Waals surface area contributed by atoms with Crippen LogP contribution in [0.15, 0.2) is 21.7 Å². The van der Waals surface area contributed by atoms with Crippen molar-refractivity contribution in [1.82, 2.24) is 19.5 Å². The molecule has 26 heavy (non-hydrogen) atoms. The number of aldehydes is 1. The summed E-state index contributed by atoms with van der Waals surface area (Å²) in [6, 6.07) is 3.47. The van der Waals surface area contributed by atoms with Gasteiger partial charge >= 0.3 is 5.69 Å². The highest BCUT2D eigenvalue weighted by Crippen LogP contribution is 2.25. The number of nitrogens with two attached hydrogens (primary N) is 1. The lowest BCUT2D eigenvalue weighted by molar-refractivity contribution is -0.111. The van der Waals surface area contributed by atoms with Crippen molar-refractivity contribution in [1.29, 1.82) is 0 Å². The van der Waals surface area contributed by atoms with E-state index in [1.54, 1.807) is 16.7 Å². The van der Waals surface area contributed by atoms with E-state index in [0.717, 1.165) is 11.8 Å².